The summed E-state index contributed by atoms with van der Waals surface area (Å²) in [6.07, 6.45) is 0.319. The molecule has 0 radical (unpaired) electrons. The molecule has 0 fully saturated rings. The number of carbonyl (C=O) groups is 6. The molecule has 4 amide bonds. The van der Waals surface area contributed by atoms with Crippen LogP contribution in [-0.4, -0.2) is 75.4 Å². The third kappa shape index (κ3) is 8.39. The van der Waals surface area contributed by atoms with Gasteiger partial charge in [0.25, 0.3) is 0 Å². The van der Waals surface area contributed by atoms with Crippen LogP contribution in [0.4, 0.5) is 0 Å². The molecule has 3 unspecified atom stereocenters. The summed E-state index contributed by atoms with van der Waals surface area (Å²) >= 11 is 0. The monoisotopic (exact) mass is 504 g/mol. The van der Waals surface area contributed by atoms with Gasteiger partial charge in [0.15, 0.2) is 0 Å². The number of nitrogens with two attached hydrogens (primary N) is 2. The zero-order valence-electron chi connectivity index (χ0n) is 19.2. The van der Waals surface area contributed by atoms with Crippen molar-refractivity contribution in [3.8, 4) is 0 Å². The van der Waals surface area contributed by atoms with Gasteiger partial charge in [-0.1, -0.05) is 18.2 Å². The van der Waals surface area contributed by atoms with E-state index in [1.165, 1.54) is 0 Å². The number of H-pyrrole nitrogens is 1. The first-order valence-electron chi connectivity index (χ1n) is 10.9. The quantitative estimate of drug-likeness (QED) is 0.141. The van der Waals surface area contributed by atoms with Crippen molar-refractivity contribution in [3.05, 3.63) is 36.0 Å². The zero-order valence-corrected chi connectivity index (χ0v) is 19.2. The number of amides is 4. The van der Waals surface area contributed by atoms with Crippen molar-refractivity contribution < 1.29 is 39.0 Å². The van der Waals surface area contributed by atoms with Crippen molar-refractivity contribution in [2.24, 2.45) is 11.5 Å². The minimum atomic E-state index is -1.57. The van der Waals surface area contributed by atoms with Crippen molar-refractivity contribution in [2.45, 2.75) is 43.8 Å². The van der Waals surface area contributed by atoms with Crippen LogP contribution in [0, 0.1) is 0 Å². The fraction of sp³-hybridized carbons (Fsp3) is 0.364. The highest BCUT2D eigenvalue weighted by Gasteiger charge is 2.28. The van der Waals surface area contributed by atoms with Crippen molar-refractivity contribution in [3.63, 3.8) is 0 Å². The predicted molar refractivity (Wildman–Crippen MR) is 125 cm³/mol. The molecule has 0 saturated carbocycles. The first-order valence-corrected chi connectivity index (χ1v) is 10.9. The number of para-hydroxylation sites is 1. The van der Waals surface area contributed by atoms with E-state index in [2.05, 4.69) is 20.9 Å². The van der Waals surface area contributed by atoms with Crippen LogP contribution in [0.5, 0.6) is 0 Å². The second-order valence-electron chi connectivity index (χ2n) is 8.01. The number of aromatic amines is 1. The smallest absolute Gasteiger partial charge is 0.326 e. The standard InChI is InChI=1S/C22H28N6O8/c23-13(7-11-9-25-14-4-2-1-3-12(11)14)20(33)26-10-18(30)27-16(8-17(24)29)21(34)28-15(22(35)36)5-6-19(31)32/h1-4,9,13,15-16,25H,5-8,10,23H2,(H2,24,29)(H,26,33)(H,27,30)(H,28,34)(H,31,32)(H,35,36). The summed E-state index contributed by atoms with van der Waals surface area (Å²) in [5, 5.41) is 25.4. The van der Waals surface area contributed by atoms with Gasteiger partial charge >= 0.3 is 11.9 Å². The van der Waals surface area contributed by atoms with Gasteiger partial charge in [-0.25, -0.2) is 4.79 Å². The summed E-state index contributed by atoms with van der Waals surface area (Å²) in [6.45, 7) is -0.579. The number of hydrogen-bond donors (Lipinski definition) is 8. The van der Waals surface area contributed by atoms with E-state index in [-0.39, 0.29) is 6.42 Å². The number of carboxylic acids is 2. The maximum Gasteiger partial charge on any atom is 0.326 e. The van der Waals surface area contributed by atoms with Crippen LogP contribution < -0.4 is 27.4 Å². The van der Waals surface area contributed by atoms with Gasteiger partial charge in [0.05, 0.1) is 19.0 Å². The van der Waals surface area contributed by atoms with Crippen LogP contribution in [-0.2, 0) is 35.2 Å². The summed E-state index contributed by atoms with van der Waals surface area (Å²) in [5.74, 6) is -6.27. The Kier molecular flexibility index (Phi) is 9.92. The highest BCUT2D eigenvalue weighted by atomic mass is 16.4. The Morgan fingerprint density at radius 1 is 0.972 bits per heavy atom. The van der Waals surface area contributed by atoms with Gasteiger partial charge in [0.2, 0.25) is 23.6 Å². The van der Waals surface area contributed by atoms with E-state index in [9.17, 15) is 33.9 Å². The lowest BCUT2D eigenvalue weighted by Crippen LogP contribution is -2.54. The Balaban J connectivity index is 1.92. The maximum absolute atomic E-state index is 12.5. The molecular formula is C22H28N6O8. The molecule has 14 nitrogen and oxygen atoms in total. The molecule has 0 saturated heterocycles. The van der Waals surface area contributed by atoms with Gasteiger partial charge in [-0.3, -0.25) is 24.0 Å². The van der Waals surface area contributed by atoms with Crippen LogP contribution in [0.25, 0.3) is 10.9 Å². The van der Waals surface area contributed by atoms with E-state index in [0.717, 1.165) is 16.5 Å². The van der Waals surface area contributed by atoms with Crippen molar-refractivity contribution in [1.29, 1.82) is 0 Å². The van der Waals surface area contributed by atoms with E-state index >= 15 is 0 Å². The zero-order chi connectivity index (χ0) is 26.8. The number of benzene rings is 1. The molecule has 1 aromatic carbocycles. The molecule has 0 aliphatic rings. The molecule has 0 aliphatic heterocycles. The lowest BCUT2D eigenvalue weighted by Gasteiger charge is -2.20. The van der Waals surface area contributed by atoms with E-state index in [0.29, 0.717) is 0 Å². The van der Waals surface area contributed by atoms with E-state index in [1.54, 1.807) is 6.20 Å². The minimum Gasteiger partial charge on any atom is -0.481 e. The molecule has 0 spiro atoms. The molecule has 1 heterocycles. The number of primary amides is 1. The average Bonchev–Trinajstić information content (AvgIpc) is 3.21. The number of nitrogens with one attached hydrogen (secondary N) is 4. The highest BCUT2D eigenvalue weighted by Crippen LogP contribution is 2.18. The minimum absolute atomic E-state index is 0.192. The van der Waals surface area contributed by atoms with Crippen LogP contribution >= 0.6 is 0 Å². The lowest BCUT2D eigenvalue weighted by molar-refractivity contribution is -0.143. The van der Waals surface area contributed by atoms with E-state index in [4.69, 9.17) is 16.6 Å². The van der Waals surface area contributed by atoms with Gasteiger partial charge in [-0.2, -0.15) is 0 Å². The summed E-state index contributed by atoms with van der Waals surface area (Å²) in [5.41, 5.74) is 12.8. The van der Waals surface area contributed by atoms with Crippen LogP contribution in [0.2, 0.25) is 0 Å². The normalized spacial score (nSPS) is 13.2. The molecule has 2 aromatic rings. The number of carbonyl (C=O) groups excluding carboxylic acids is 4. The Bertz CT molecular complexity index is 1150. The maximum atomic E-state index is 12.5. The van der Waals surface area contributed by atoms with Crippen molar-refractivity contribution in [1.82, 2.24) is 20.9 Å². The first kappa shape index (κ1) is 27.8. The molecule has 194 valence electrons. The fourth-order valence-corrected chi connectivity index (χ4v) is 3.38. The van der Waals surface area contributed by atoms with Crippen LogP contribution in [0.15, 0.2) is 30.5 Å². The van der Waals surface area contributed by atoms with Crippen molar-refractivity contribution >= 4 is 46.5 Å². The first-order chi connectivity index (χ1) is 17.0. The largest absolute Gasteiger partial charge is 0.481 e. The van der Waals surface area contributed by atoms with Gasteiger partial charge in [-0.05, 0) is 24.5 Å². The molecule has 2 rings (SSSR count). The number of rotatable bonds is 14. The average molecular weight is 505 g/mol. The SMILES string of the molecule is NC(=O)CC(NC(=O)CNC(=O)C(N)Cc1c[nH]c2ccccc12)C(=O)NC(CCC(=O)O)C(=O)O. The van der Waals surface area contributed by atoms with E-state index < -0.39 is 79.5 Å². The predicted octanol–water partition coefficient (Wildman–Crippen LogP) is -2.05. The summed E-state index contributed by atoms with van der Waals surface area (Å²) < 4.78 is 0. The second kappa shape index (κ2) is 12.9. The third-order valence-corrected chi connectivity index (χ3v) is 5.19. The summed E-state index contributed by atoms with van der Waals surface area (Å²) in [4.78, 5) is 73.5. The number of carboxylic acid groups (broad SMARTS) is 2. The number of fused-ring (bicyclic) bond motifs is 1. The molecule has 0 aliphatic carbocycles. The molecule has 0 bridgehead atoms. The summed E-state index contributed by atoms with van der Waals surface area (Å²) in [6, 6.07) is 3.36. The third-order valence-electron chi connectivity index (χ3n) is 5.19. The van der Waals surface area contributed by atoms with Crippen LogP contribution in [0.3, 0.4) is 0 Å². The van der Waals surface area contributed by atoms with Gasteiger partial charge in [-0.15, -0.1) is 0 Å². The molecule has 1 aromatic heterocycles. The van der Waals surface area contributed by atoms with E-state index in [1.807, 2.05) is 24.3 Å². The lowest BCUT2D eigenvalue weighted by atomic mass is 10.1. The van der Waals surface area contributed by atoms with Gasteiger partial charge in [0.1, 0.15) is 12.1 Å². The Labute approximate surface area is 204 Å². The molecule has 10 N–H and O–H groups in total. The molecule has 14 heteroatoms. The Hall–Kier alpha value is -4.46. The number of hydrogen-bond acceptors (Lipinski definition) is 7. The molecular weight excluding hydrogens is 476 g/mol. The number of aromatic nitrogens is 1. The number of aliphatic carboxylic acids is 2. The van der Waals surface area contributed by atoms with Gasteiger partial charge in [0, 0.05) is 23.5 Å². The summed E-state index contributed by atoms with van der Waals surface area (Å²) in [7, 11) is 0. The molecule has 3 atom stereocenters. The van der Waals surface area contributed by atoms with Crippen molar-refractivity contribution in [2.75, 3.05) is 6.54 Å². The van der Waals surface area contributed by atoms with Crippen LogP contribution in [0.1, 0.15) is 24.8 Å². The Morgan fingerprint density at radius 3 is 2.31 bits per heavy atom. The fourth-order valence-electron chi connectivity index (χ4n) is 3.38. The second-order valence-corrected chi connectivity index (χ2v) is 8.01. The topological polar surface area (TPSA) is 247 Å². The van der Waals surface area contributed by atoms with Gasteiger partial charge < -0.3 is 42.6 Å². The Morgan fingerprint density at radius 2 is 1.67 bits per heavy atom. The highest BCUT2D eigenvalue weighted by molar-refractivity contribution is 5.95. The molecule has 36 heavy (non-hydrogen) atoms.